The minimum Gasteiger partial charge on any atom is -0.372 e. The molecule has 0 saturated carbocycles. The Morgan fingerprint density at radius 1 is 1.09 bits per heavy atom. The number of hydrogen-bond donors (Lipinski definition) is 0. The molecule has 0 aliphatic heterocycles. The van der Waals surface area contributed by atoms with E-state index in [9.17, 15) is 0 Å². The van der Waals surface area contributed by atoms with Crippen molar-refractivity contribution < 1.29 is 9.26 Å². The van der Waals surface area contributed by atoms with Crippen LogP contribution in [0.3, 0.4) is 0 Å². The van der Waals surface area contributed by atoms with Crippen molar-refractivity contribution in [1.29, 1.82) is 0 Å². The van der Waals surface area contributed by atoms with E-state index < -0.39 is 0 Å². The van der Waals surface area contributed by atoms with Gasteiger partial charge in [0.25, 0.3) is 5.89 Å². The van der Waals surface area contributed by atoms with Crippen LogP contribution in [-0.2, 0) is 4.74 Å². The largest absolute Gasteiger partial charge is 0.372 e. The van der Waals surface area contributed by atoms with Crippen LogP contribution in [0.25, 0.3) is 11.5 Å². The summed E-state index contributed by atoms with van der Waals surface area (Å²) in [5.41, 5.74) is 2.33. The first kappa shape index (κ1) is 14.9. The molecule has 0 aliphatic rings. The maximum Gasteiger partial charge on any atom is 0.255 e. The van der Waals surface area contributed by atoms with Crippen LogP contribution in [0.5, 0.6) is 0 Å². The predicted octanol–water partition coefficient (Wildman–Crippen LogP) is 2.63. The predicted molar refractivity (Wildman–Crippen MR) is 83.2 cm³/mol. The SMILES string of the molecule is COC(C)c1nc(-c2ccc(C#Cc3ccncc3)cn2)no1. The van der Waals surface area contributed by atoms with E-state index in [2.05, 4.69) is 31.9 Å². The Kier molecular flexibility index (Phi) is 4.41. The number of aromatic nitrogens is 4. The van der Waals surface area contributed by atoms with Crippen molar-refractivity contribution in [1.82, 2.24) is 20.1 Å². The van der Waals surface area contributed by atoms with Gasteiger partial charge >= 0.3 is 0 Å². The second-order valence-electron chi connectivity index (χ2n) is 4.75. The van der Waals surface area contributed by atoms with Gasteiger partial charge in [0.1, 0.15) is 11.8 Å². The average Bonchev–Trinajstić information content (AvgIpc) is 3.11. The summed E-state index contributed by atoms with van der Waals surface area (Å²) in [7, 11) is 1.59. The topological polar surface area (TPSA) is 73.9 Å². The summed E-state index contributed by atoms with van der Waals surface area (Å²) in [6.07, 6.45) is 4.85. The van der Waals surface area contributed by atoms with Crippen molar-refractivity contribution in [2.24, 2.45) is 0 Å². The van der Waals surface area contributed by atoms with Crippen LogP contribution in [0.1, 0.15) is 30.0 Å². The molecular weight excluding hydrogens is 292 g/mol. The van der Waals surface area contributed by atoms with Gasteiger partial charge in [0, 0.05) is 36.8 Å². The minimum atomic E-state index is -0.248. The Bertz CT molecular complexity index is 832. The fourth-order valence-corrected chi connectivity index (χ4v) is 1.78. The number of nitrogens with zero attached hydrogens (tertiary/aromatic N) is 4. The average molecular weight is 306 g/mol. The Balaban J connectivity index is 1.77. The zero-order chi connectivity index (χ0) is 16.1. The van der Waals surface area contributed by atoms with Gasteiger partial charge in [-0.05, 0) is 31.2 Å². The summed E-state index contributed by atoms with van der Waals surface area (Å²) in [5.74, 6) is 6.95. The van der Waals surface area contributed by atoms with Crippen molar-refractivity contribution in [2.75, 3.05) is 7.11 Å². The summed E-state index contributed by atoms with van der Waals surface area (Å²) >= 11 is 0. The molecule has 0 fully saturated rings. The van der Waals surface area contributed by atoms with Crippen LogP contribution in [-0.4, -0.2) is 27.2 Å². The molecule has 0 aliphatic carbocycles. The minimum absolute atomic E-state index is 0.248. The molecule has 0 radical (unpaired) electrons. The third kappa shape index (κ3) is 3.59. The number of hydrogen-bond acceptors (Lipinski definition) is 6. The van der Waals surface area contributed by atoms with Crippen LogP contribution in [0.4, 0.5) is 0 Å². The second kappa shape index (κ2) is 6.81. The number of methoxy groups -OCH3 is 1. The summed E-state index contributed by atoms with van der Waals surface area (Å²) in [6, 6.07) is 7.38. The molecule has 0 saturated heterocycles. The van der Waals surface area contributed by atoms with Crippen molar-refractivity contribution in [3.8, 4) is 23.4 Å². The van der Waals surface area contributed by atoms with E-state index in [0.717, 1.165) is 11.1 Å². The van der Waals surface area contributed by atoms with Crippen LogP contribution < -0.4 is 0 Å². The van der Waals surface area contributed by atoms with Gasteiger partial charge < -0.3 is 9.26 Å². The highest BCUT2D eigenvalue weighted by Crippen LogP contribution is 2.18. The van der Waals surface area contributed by atoms with Gasteiger partial charge in [-0.15, -0.1) is 0 Å². The monoisotopic (exact) mass is 306 g/mol. The van der Waals surface area contributed by atoms with Crippen LogP contribution in [0.15, 0.2) is 47.4 Å². The van der Waals surface area contributed by atoms with E-state index in [1.165, 1.54) is 0 Å². The van der Waals surface area contributed by atoms with Gasteiger partial charge in [0.15, 0.2) is 0 Å². The third-order valence-electron chi connectivity index (χ3n) is 3.17. The Labute approximate surface area is 133 Å². The van der Waals surface area contributed by atoms with Crippen LogP contribution >= 0.6 is 0 Å². The molecule has 114 valence electrons. The van der Waals surface area contributed by atoms with E-state index in [1.54, 1.807) is 25.7 Å². The molecule has 0 aromatic carbocycles. The highest BCUT2D eigenvalue weighted by Gasteiger charge is 2.14. The zero-order valence-corrected chi connectivity index (χ0v) is 12.7. The zero-order valence-electron chi connectivity index (χ0n) is 12.7. The van der Waals surface area contributed by atoms with Gasteiger partial charge in [-0.3, -0.25) is 9.97 Å². The molecule has 3 rings (SSSR count). The quantitative estimate of drug-likeness (QED) is 0.693. The smallest absolute Gasteiger partial charge is 0.255 e. The molecule has 0 amide bonds. The molecule has 6 heteroatoms. The summed E-state index contributed by atoms with van der Waals surface area (Å²) in [4.78, 5) is 12.5. The maximum absolute atomic E-state index is 5.15. The summed E-state index contributed by atoms with van der Waals surface area (Å²) in [6.45, 7) is 1.84. The molecule has 3 aromatic heterocycles. The number of pyridine rings is 2. The van der Waals surface area contributed by atoms with Crippen molar-refractivity contribution in [3.63, 3.8) is 0 Å². The molecule has 1 atom stereocenters. The van der Waals surface area contributed by atoms with Crippen molar-refractivity contribution in [3.05, 3.63) is 59.9 Å². The fraction of sp³-hybridized carbons (Fsp3) is 0.176. The van der Waals surface area contributed by atoms with E-state index in [4.69, 9.17) is 9.26 Å². The highest BCUT2D eigenvalue weighted by atomic mass is 16.5. The Morgan fingerprint density at radius 3 is 2.57 bits per heavy atom. The van der Waals surface area contributed by atoms with E-state index >= 15 is 0 Å². The summed E-state index contributed by atoms with van der Waals surface area (Å²) < 4.78 is 10.3. The van der Waals surface area contributed by atoms with E-state index in [1.807, 2.05) is 31.2 Å². The van der Waals surface area contributed by atoms with Crippen LogP contribution in [0, 0.1) is 11.8 Å². The Morgan fingerprint density at radius 2 is 1.87 bits per heavy atom. The molecule has 6 nitrogen and oxygen atoms in total. The lowest BCUT2D eigenvalue weighted by atomic mass is 10.2. The van der Waals surface area contributed by atoms with Crippen molar-refractivity contribution >= 4 is 0 Å². The standard InChI is InChI=1S/C17H14N4O2/c1-12(22-2)17-20-16(21-23-17)15-6-5-14(11-19-15)4-3-13-7-9-18-10-8-13/h5-12H,1-2H3. The normalized spacial score (nSPS) is 11.6. The van der Waals surface area contributed by atoms with Gasteiger partial charge in [-0.1, -0.05) is 17.0 Å². The lowest BCUT2D eigenvalue weighted by molar-refractivity contribution is 0.0886. The molecule has 3 heterocycles. The summed E-state index contributed by atoms with van der Waals surface area (Å²) in [5, 5.41) is 3.91. The van der Waals surface area contributed by atoms with Crippen LogP contribution in [0.2, 0.25) is 0 Å². The number of rotatable bonds is 3. The van der Waals surface area contributed by atoms with Gasteiger partial charge in [0.2, 0.25) is 5.82 Å². The third-order valence-corrected chi connectivity index (χ3v) is 3.17. The van der Waals surface area contributed by atoms with Gasteiger partial charge in [-0.25, -0.2) is 0 Å². The lowest BCUT2D eigenvalue weighted by Crippen LogP contribution is -1.95. The first-order valence-electron chi connectivity index (χ1n) is 7.01. The lowest BCUT2D eigenvalue weighted by Gasteiger charge is -2.00. The Hall–Kier alpha value is -3.04. The van der Waals surface area contributed by atoms with E-state index in [0.29, 0.717) is 17.4 Å². The van der Waals surface area contributed by atoms with Crippen molar-refractivity contribution in [2.45, 2.75) is 13.0 Å². The fourth-order valence-electron chi connectivity index (χ4n) is 1.78. The molecular formula is C17H14N4O2. The molecule has 1 unspecified atom stereocenters. The first-order valence-corrected chi connectivity index (χ1v) is 7.01. The molecule has 23 heavy (non-hydrogen) atoms. The van der Waals surface area contributed by atoms with E-state index in [-0.39, 0.29) is 6.10 Å². The molecule has 0 N–H and O–H groups in total. The number of ether oxygens (including phenoxy) is 1. The molecule has 3 aromatic rings. The van der Waals surface area contributed by atoms with Gasteiger partial charge in [-0.2, -0.15) is 4.98 Å². The van der Waals surface area contributed by atoms with Gasteiger partial charge in [0.05, 0.1) is 0 Å². The first-order chi connectivity index (χ1) is 11.3. The molecule has 0 spiro atoms. The second-order valence-corrected chi connectivity index (χ2v) is 4.75. The maximum atomic E-state index is 5.15. The highest BCUT2D eigenvalue weighted by molar-refractivity contribution is 5.50. The molecule has 0 bridgehead atoms.